The second kappa shape index (κ2) is 7.77. The molecule has 5 heteroatoms. The van der Waals surface area contributed by atoms with E-state index in [9.17, 15) is 4.79 Å². The Morgan fingerprint density at radius 1 is 1.30 bits per heavy atom. The minimum Gasteiger partial charge on any atom is -0.351 e. The lowest BCUT2D eigenvalue weighted by molar-refractivity contribution is -0.116. The molecule has 3 rings (SSSR count). The molecule has 0 unspecified atom stereocenters. The lowest BCUT2D eigenvalue weighted by Gasteiger charge is -2.26. The third kappa shape index (κ3) is 4.67. The Balaban J connectivity index is 1.40. The number of thiophene rings is 1. The van der Waals surface area contributed by atoms with E-state index >= 15 is 0 Å². The topological polar surface area (TPSA) is 32.3 Å². The summed E-state index contributed by atoms with van der Waals surface area (Å²) < 4.78 is 0. The first-order valence-electron chi connectivity index (χ1n) is 7.70. The van der Waals surface area contributed by atoms with Gasteiger partial charge in [0.15, 0.2) is 0 Å². The first-order valence-corrected chi connectivity index (χ1v) is 8.95. The fraction of sp³-hybridized carbons (Fsp3) is 0.278. The van der Waals surface area contributed by atoms with Gasteiger partial charge in [-0.2, -0.15) is 0 Å². The predicted molar refractivity (Wildman–Crippen MR) is 96.8 cm³/mol. The number of fused-ring (bicyclic) bond motifs is 1. The van der Waals surface area contributed by atoms with Crippen LogP contribution >= 0.6 is 22.9 Å². The van der Waals surface area contributed by atoms with Gasteiger partial charge in [-0.3, -0.25) is 9.69 Å². The lowest BCUT2D eigenvalue weighted by atomic mass is 10.1. The first-order chi connectivity index (χ1) is 11.2. The van der Waals surface area contributed by atoms with Gasteiger partial charge in [-0.25, -0.2) is 0 Å². The van der Waals surface area contributed by atoms with Gasteiger partial charge >= 0.3 is 0 Å². The highest BCUT2D eigenvalue weighted by Crippen LogP contribution is 2.23. The minimum absolute atomic E-state index is 0.0619. The molecule has 0 bridgehead atoms. The van der Waals surface area contributed by atoms with Gasteiger partial charge in [-0.1, -0.05) is 23.7 Å². The molecule has 1 aliphatic rings. The van der Waals surface area contributed by atoms with Gasteiger partial charge in [0.05, 0.1) is 0 Å². The second-order valence-electron chi connectivity index (χ2n) is 5.57. The van der Waals surface area contributed by atoms with E-state index in [4.69, 9.17) is 11.6 Å². The largest absolute Gasteiger partial charge is 0.351 e. The normalized spacial score (nSPS) is 14.8. The summed E-state index contributed by atoms with van der Waals surface area (Å²) >= 11 is 7.68. The van der Waals surface area contributed by atoms with Crippen LogP contribution in [0.4, 0.5) is 0 Å². The maximum absolute atomic E-state index is 11.8. The van der Waals surface area contributed by atoms with Crippen molar-refractivity contribution in [3.63, 3.8) is 0 Å². The molecule has 0 fully saturated rings. The molecule has 0 aliphatic carbocycles. The zero-order valence-corrected chi connectivity index (χ0v) is 14.4. The number of benzene rings is 1. The average molecular weight is 347 g/mol. The van der Waals surface area contributed by atoms with Crippen molar-refractivity contribution in [2.24, 2.45) is 0 Å². The van der Waals surface area contributed by atoms with Crippen molar-refractivity contribution < 1.29 is 4.79 Å². The zero-order valence-electron chi connectivity index (χ0n) is 12.8. The molecule has 0 radical (unpaired) electrons. The van der Waals surface area contributed by atoms with E-state index < -0.39 is 0 Å². The smallest absolute Gasteiger partial charge is 0.244 e. The van der Waals surface area contributed by atoms with Gasteiger partial charge in [0.25, 0.3) is 0 Å². The van der Waals surface area contributed by atoms with Crippen LogP contribution in [-0.2, 0) is 17.8 Å². The van der Waals surface area contributed by atoms with Crippen molar-refractivity contribution in [1.82, 2.24) is 10.2 Å². The Labute approximate surface area is 145 Å². The van der Waals surface area contributed by atoms with Crippen LogP contribution in [-0.4, -0.2) is 30.4 Å². The molecule has 1 amide bonds. The highest BCUT2D eigenvalue weighted by molar-refractivity contribution is 7.10. The van der Waals surface area contributed by atoms with Crippen LogP contribution in [0.1, 0.15) is 16.0 Å². The molecular formula is C18H19ClN2OS. The third-order valence-electron chi connectivity index (χ3n) is 3.91. The number of hydrogen-bond acceptors (Lipinski definition) is 3. The van der Waals surface area contributed by atoms with Crippen molar-refractivity contribution in [2.45, 2.75) is 13.0 Å². The number of hydrogen-bond donors (Lipinski definition) is 1. The minimum atomic E-state index is -0.0619. The molecule has 120 valence electrons. The highest BCUT2D eigenvalue weighted by Gasteiger charge is 2.16. The third-order valence-corrected chi connectivity index (χ3v) is 5.19. The monoisotopic (exact) mass is 346 g/mol. The first kappa shape index (κ1) is 16.2. The van der Waals surface area contributed by atoms with Crippen LogP contribution in [0.15, 0.2) is 41.8 Å². The van der Waals surface area contributed by atoms with Gasteiger partial charge in [0.1, 0.15) is 0 Å². The Kier molecular flexibility index (Phi) is 5.49. The maximum atomic E-state index is 11.8. The standard InChI is InChI=1S/C18H19ClN2OS/c19-16-4-1-14(2-5-16)3-6-18(22)20-9-11-21-10-7-17-15(13-21)8-12-23-17/h1-6,8,12H,7,9-11,13H2,(H,20,22)/b6-3+. The molecule has 1 N–H and O–H groups in total. The van der Waals surface area contributed by atoms with Gasteiger partial charge in [0, 0.05) is 42.2 Å². The average Bonchev–Trinajstić information content (AvgIpc) is 3.02. The quantitative estimate of drug-likeness (QED) is 0.839. The second-order valence-corrected chi connectivity index (χ2v) is 7.01. The molecule has 0 saturated heterocycles. The Bertz CT molecular complexity index is 693. The molecule has 0 atom stereocenters. The summed E-state index contributed by atoms with van der Waals surface area (Å²) in [6.45, 7) is 3.62. The fourth-order valence-electron chi connectivity index (χ4n) is 2.64. The highest BCUT2D eigenvalue weighted by atomic mass is 35.5. The predicted octanol–water partition coefficient (Wildman–Crippen LogP) is 3.59. The maximum Gasteiger partial charge on any atom is 0.244 e. The van der Waals surface area contributed by atoms with E-state index in [1.807, 2.05) is 35.6 Å². The van der Waals surface area contributed by atoms with E-state index in [2.05, 4.69) is 21.7 Å². The van der Waals surface area contributed by atoms with E-state index in [1.54, 1.807) is 12.2 Å². The van der Waals surface area contributed by atoms with Gasteiger partial charge < -0.3 is 5.32 Å². The van der Waals surface area contributed by atoms with Crippen molar-refractivity contribution in [1.29, 1.82) is 0 Å². The summed E-state index contributed by atoms with van der Waals surface area (Å²) in [5.74, 6) is -0.0619. The van der Waals surface area contributed by atoms with Gasteiger partial charge in [-0.15, -0.1) is 11.3 Å². The molecule has 0 spiro atoms. The summed E-state index contributed by atoms with van der Waals surface area (Å²) in [4.78, 5) is 15.7. The molecule has 23 heavy (non-hydrogen) atoms. The summed E-state index contributed by atoms with van der Waals surface area (Å²) in [5, 5.41) is 5.80. The molecule has 2 heterocycles. The number of carbonyl (C=O) groups excluding carboxylic acids is 1. The number of rotatable bonds is 5. The van der Waals surface area contributed by atoms with Crippen LogP contribution in [0.3, 0.4) is 0 Å². The van der Waals surface area contributed by atoms with Crippen LogP contribution in [0, 0.1) is 0 Å². The Morgan fingerprint density at radius 3 is 2.96 bits per heavy atom. The van der Waals surface area contributed by atoms with Crippen LogP contribution in [0.5, 0.6) is 0 Å². The van der Waals surface area contributed by atoms with Crippen LogP contribution < -0.4 is 5.32 Å². The lowest BCUT2D eigenvalue weighted by Crippen LogP contribution is -2.37. The van der Waals surface area contributed by atoms with Crippen LogP contribution in [0.25, 0.3) is 6.08 Å². The molecule has 2 aromatic rings. The van der Waals surface area contributed by atoms with E-state index in [0.29, 0.717) is 11.6 Å². The molecule has 1 aromatic heterocycles. The molecule has 1 aromatic carbocycles. The molecular weight excluding hydrogens is 328 g/mol. The fourth-order valence-corrected chi connectivity index (χ4v) is 3.66. The summed E-state index contributed by atoms with van der Waals surface area (Å²) in [6.07, 6.45) is 4.48. The van der Waals surface area contributed by atoms with E-state index in [0.717, 1.165) is 31.6 Å². The van der Waals surface area contributed by atoms with Crippen molar-refractivity contribution >= 4 is 34.9 Å². The SMILES string of the molecule is O=C(/C=C/c1ccc(Cl)cc1)NCCN1CCc2sccc2C1. The number of halogens is 1. The summed E-state index contributed by atoms with van der Waals surface area (Å²) in [7, 11) is 0. The molecule has 0 saturated carbocycles. The van der Waals surface area contributed by atoms with Crippen molar-refractivity contribution in [2.75, 3.05) is 19.6 Å². The van der Waals surface area contributed by atoms with Gasteiger partial charge in [-0.05, 0) is 47.2 Å². The molecule has 3 nitrogen and oxygen atoms in total. The molecule has 1 aliphatic heterocycles. The zero-order chi connectivity index (χ0) is 16.1. The summed E-state index contributed by atoms with van der Waals surface area (Å²) in [5.41, 5.74) is 2.40. The van der Waals surface area contributed by atoms with E-state index in [-0.39, 0.29) is 5.91 Å². The number of carbonyl (C=O) groups is 1. The number of amides is 1. The Morgan fingerprint density at radius 2 is 2.13 bits per heavy atom. The van der Waals surface area contributed by atoms with Gasteiger partial charge in [0.2, 0.25) is 5.91 Å². The van der Waals surface area contributed by atoms with Crippen LogP contribution in [0.2, 0.25) is 5.02 Å². The van der Waals surface area contributed by atoms with Crippen molar-refractivity contribution in [3.8, 4) is 0 Å². The Hall–Kier alpha value is -1.62. The van der Waals surface area contributed by atoms with Crippen molar-refractivity contribution in [3.05, 3.63) is 62.8 Å². The number of nitrogens with one attached hydrogen (secondary N) is 1. The number of nitrogens with zero attached hydrogens (tertiary/aromatic N) is 1. The summed E-state index contributed by atoms with van der Waals surface area (Å²) in [6, 6.07) is 9.61. The van der Waals surface area contributed by atoms with E-state index in [1.165, 1.54) is 10.4 Å².